The summed E-state index contributed by atoms with van der Waals surface area (Å²) >= 11 is 4.23. The summed E-state index contributed by atoms with van der Waals surface area (Å²) in [5.41, 5.74) is 0. The van der Waals surface area contributed by atoms with Crippen LogP contribution in [0.25, 0.3) is 0 Å². The summed E-state index contributed by atoms with van der Waals surface area (Å²) in [5, 5.41) is 0. The molecule has 0 saturated carbocycles. The SMILES string of the molecule is CCCCCCCCCCCCCCCCS.[Sb]. The Morgan fingerprint density at radius 2 is 0.778 bits per heavy atom. The van der Waals surface area contributed by atoms with Gasteiger partial charge >= 0.3 is 0 Å². The monoisotopic (exact) mass is 379 g/mol. The molecule has 0 aromatic rings. The molecule has 0 aromatic heterocycles. The van der Waals surface area contributed by atoms with Crippen LogP contribution >= 0.6 is 12.6 Å². The van der Waals surface area contributed by atoms with Crippen LogP contribution in [0.5, 0.6) is 0 Å². The average Bonchev–Trinajstić information content (AvgIpc) is 2.35. The van der Waals surface area contributed by atoms with Gasteiger partial charge in [0, 0.05) is 24.4 Å². The molecule has 0 aliphatic heterocycles. The van der Waals surface area contributed by atoms with E-state index in [0.717, 1.165) is 5.75 Å². The first-order valence-electron chi connectivity index (χ1n) is 8.02. The molecule has 0 heterocycles. The molecule has 0 rings (SSSR count). The Hall–Kier alpha value is 1.17. The smallest absolute Gasteiger partial charge is 0 e. The topological polar surface area (TPSA) is 0 Å². The third kappa shape index (κ3) is 19.5. The molecule has 0 fully saturated rings. The fraction of sp³-hybridized carbons (Fsp3) is 1.00. The van der Waals surface area contributed by atoms with Crippen molar-refractivity contribution in [3.05, 3.63) is 0 Å². The standard InChI is InChI=1S/C16H34S.Sb/c1-2-3-4-5-6-7-8-9-10-11-12-13-14-15-16-17;/h17H,2-16H2,1H3;. The summed E-state index contributed by atoms with van der Waals surface area (Å²) < 4.78 is 0. The first-order chi connectivity index (χ1) is 8.41. The molecule has 109 valence electrons. The van der Waals surface area contributed by atoms with Gasteiger partial charge in [0.1, 0.15) is 0 Å². The van der Waals surface area contributed by atoms with E-state index in [1.165, 1.54) is 89.9 Å². The van der Waals surface area contributed by atoms with Crippen molar-refractivity contribution < 1.29 is 0 Å². The quantitative estimate of drug-likeness (QED) is 0.213. The molecular weight excluding hydrogens is 346 g/mol. The van der Waals surface area contributed by atoms with Crippen LogP contribution in [0.2, 0.25) is 0 Å². The minimum Gasteiger partial charge on any atom is -0.179 e. The maximum Gasteiger partial charge on any atom is 0 e. The van der Waals surface area contributed by atoms with E-state index in [-0.39, 0.29) is 24.4 Å². The van der Waals surface area contributed by atoms with E-state index in [1.54, 1.807) is 0 Å². The maximum absolute atomic E-state index is 4.23. The fourth-order valence-electron chi connectivity index (χ4n) is 2.31. The van der Waals surface area contributed by atoms with Gasteiger partial charge in [-0.3, -0.25) is 0 Å². The van der Waals surface area contributed by atoms with Gasteiger partial charge in [-0.1, -0.05) is 90.4 Å². The molecule has 0 aromatic carbocycles. The first kappa shape index (κ1) is 21.5. The Bertz CT molecular complexity index is 114. The van der Waals surface area contributed by atoms with Crippen molar-refractivity contribution in [3.8, 4) is 0 Å². The van der Waals surface area contributed by atoms with Gasteiger partial charge in [0.15, 0.2) is 0 Å². The van der Waals surface area contributed by atoms with Crippen LogP contribution in [0, 0.1) is 0 Å². The minimum absolute atomic E-state index is 0. The largest absolute Gasteiger partial charge is 0.179 e. The zero-order valence-corrected chi connectivity index (χ0v) is 15.9. The molecule has 0 N–H and O–H groups in total. The third-order valence-electron chi connectivity index (χ3n) is 3.51. The van der Waals surface area contributed by atoms with E-state index in [2.05, 4.69) is 19.6 Å². The van der Waals surface area contributed by atoms with Crippen molar-refractivity contribution in [1.29, 1.82) is 0 Å². The van der Waals surface area contributed by atoms with Crippen molar-refractivity contribution in [3.63, 3.8) is 0 Å². The number of rotatable bonds is 14. The van der Waals surface area contributed by atoms with Crippen LogP contribution < -0.4 is 0 Å². The molecule has 0 saturated heterocycles. The van der Waals surface area contributed by atoms with Gasteiger partial charge in [-0.15, -0.1) is 0 Å². The number of hydrogen-bond donors (Lipinski definition) is 1. The molecule has 3 radical (unpaired) electrons. The van der Waals surface area contributed by atoms with Gasteiger partial charge < -0.3 is 0 Å². The molecule has 0 spiro atoms. The van der Waals surface area contributed by atoms with Crippen molar-refractivity contribution in [2.45, 2.75) is 96.8 Å². The second-order valence-electron chi connectivity index (χ2n) is 5.32. The summed E-state index contributed by atoms with van der Waals surface area (Å²) in [5.74, 6) is 1.07. The summed E-state index contributed by atoms with van der Waals surface area (Å²) in [7, 11) is 0. The van der Waals surface area contributed by atoms with E-state index >= 15 is 0 Å². The van der Waals surface area contributed by atoms with Gasteiger partial charge in [0.05, 0.1) is 0 Å². The number of hydrogen-bond acceptors (Lipinski definition) is 1. The molecule has 0 atom stereocenters. The molecule has 2 heteroatoms. The molecule has 0 amide bonds. The van der Waals surface area contributed by atoms with Crippen LogP contribution in [-0.2, 0) is 0 Å². The van der Waals surface area contributed by atoms with Crippen LogP contribution in [0.1, 0.15) is 96.8 Å². The predicted octanol–water partition coefficient (Wildman–Crippen LogP) is 6.02. The van der Waals surface area contributed by atoms with Gasteiger partial charge in [-0.25, -0.2) is 0 Å². The fourth-order valence-corrected chi connectivity index (χ4v) is 2.53. The molecule has 0 bridgehead atoms. The normalized spacial score (nSPS) is 10.3. The van der Waals surface area contributed by atoms with Crippen LogP contribution in [0.15, 0.2) is 0 Å². The zero-order valence-electron chi connectivity index (χ0n) is 12.5. The predicted molar refractivity (Wildman–Crippen MR) is 89.9 cm³/mol. The van der Waals surface area contributed by atoms with E-state index in [1.807, 2.05) is 0 Å². The van der Waals surface area contributed by atoms with Gasteiger partial charge in [-0.2, -0.15) is 12.6 Å². The Labute approximate surface area is 139 Å². The Morgan fingerprint density at radius 1 is 0.500 bits per heavy atom. The average molecular weight is 380 g/mol. The molecule has 0 unspecified atom stereocenters. The van der Waals surface area contributed by atoms with E-state index in [4.69, 9.17) is 0 Å². The molecule has 0 aliphatic rings. The third-order valence-corrected chi connectivity index (χ3v) is 3.83. The summed E-state index contributed by atoms with van der Waals surface area (Å²) in [6, 6.07) is 0. The summed E-state index contributed by atoms with van der Waals surface area (Å²) in [6.07, 6.45) is 20.1. The Morgan fingerprint density at radius 3 is 1.06 bits per heavy atom. The first-order valence-corrected chi connectivity index (χ1v) is 8.66. The summed E-state index contributed by atoms with van der Waals surface area (Å²) in [6.45, 7) is 2.29. The Balaban J connectivity index is 0. The van der Waals surface area contributed by atoms with Crippen molar-refractivity contribution >= 4 is 37.1 Å². The van der Waals surface area contributed by atoms with Crippen LogP contribution in [0.4, 0.5) is 0 Å². The van der Waals surface area contributed by atoms with Crippen LogP contribution in [0.3, 0.4) is 0 Å². The number of unbranched alkanes of at least 4 members (excludes halogenated alkanes) is 13. The number of thiol groups is 1. The van der Waals surface area contributed by atoms with E-state index in [0.29, 0.717) is 0 Å². The van der Waals surface area contributed by atoms with E-state index in [9.17, 15) is 0 Å². The Kier molecular flexibility index (Phi) is 24.4. The van der Waals surface area contributed by atoms with Crippen LogP contribution in [-0.4, -0.2) is 30.2 Å². The van der Waals surface area contributed by atoms with Crippen molar-refractivity contribution in [2.75, 3.05) is 5.75 Å². The maximum atomic E-state index is 4.23. The molecule has 0 nitrogen and oxygen atoms in total. The van der Waals surface area contributed by atoms with Crippen molar-refractivity contribution in [1.82, 2.24) is 0 Å². The molecular formula is C16H34SSb. The van der Waals surface area contributed by atoms with Gasteiger partial charge in [-0.05, 0) is 12.2 Å². The van der Waals surface area contributed by atoms with E-state index < -0.39 is 0 Å². The molecule has 18 heavy (non-hydrogen) atoms. The molecule has 0 aliphatic carbocycles. The summed E-state index contributed by atoms with van der Waals surface area (Å²) in [4.78, 5) is 0. The second-order valence-corrected chi connectivity index (χ2v) is 5.77. The van der Waals surface area contributed by atoms with Gasteiger partial charge in [0.25, 0.3) is 0 Å². The van der Waals surface area contributed by atoms with Crippen molar-refractivity contribution in [2.24, 2.45) is 0 Å². The zero-order chi connectivity index (χ0) is 12.6. The second kappa shape index (κ2) is 20.5. The minimum atomic E-state index is 0. The van der Waals surface area contributed by atoms with Gasteiger partial charge in [0.2, 0.25) is 0 Å².